The normalized spacial score (nSPS) is 11.2. The molecule has 0 spiro atoms. The molecule has 0 aliphatic carbocycles. The maximum absolute atomic E-state index is 14.2. The van der Waals surface area contributed by atoms with Crippen molar-refractivity contribution in [2.24, 2.45) is 0 Å². The number of nitrogens with zero attached hydrogens (tertiary/aromatic N) is 4. The molecule has 8 heteroatoms. The minimum atomic E-state index is -0.285. The number of imidazole rings is 1. The molecule has 0 aliphatic heterocycles. The number of benzene rings is 4. The molecule has 6 rings (SSSR count). The van der Waals surface area contributed by atoms with E-state index in [0.29, 0.717) is 41.1 Å². The van der Waals surface area contributed by atoms with Crippen molar-refractivity contribution in [1.82, 2.24) is 24.4 Å². The Morgan fingerprint density at radius 3 is 1.98 bits per heavy atom. The van der Waals surface area contributed by atoms with Crippen molar-refractivity contribution in [3.63, 3.8) is 0 Å². The average Bonchev–Trinajstić information content (AvgIpc) is 3.37. The smallest absolute Gasteiger partial charge is 0.286 e. The first kappa shape index (κ1) is 25.7. The fraction of sp³-hybridized carbons (Fsp3) is 0.0938. The van der Waals surface area contributed by atoms with Gasteiger partial charge in [0.05, 0.1) is 18.8 Å². The van der Waals surface area contributed by atoms with E-state index in [-0.39, 0.29) is 17.7 Å². The summed E-state index contributed by atoms with van der Waals surface area (Å²) in [5.74, 6) is 1.12. The van der Waals surface area contributed by atoms with Gasteiger partial charge >= 0.3 is 0 Å². The summed E-state index contributed by atoms with van der Waals surface area (Å²) in [6.07, 6.45) is 0. The zero-order valence-electron chi connectivity index (χ0n) is 21.5. The maximum Gasteiger partial charge on any atom is 0.286 e. The van der Waals surface area contributed by atoms with Gasteiger partial charge in [0.25, 0.3) is 5.56 Å². The Bertz CT molecular complexity index is 1810. The second-order valence-corrected chi connectivity index (χ2v) is 9.70. The van der Waals surface area contributed by atoms with Crippen LogP contribution < -0.4 is 10.9 Å². The van der Waals surface area contributed by atoms with Crippen molar-refractivity contribution in [3.05, 3.63) is 130 Å². The highest BCUT2D eigenvalue weighted by atomic mass is 35.5. The van der Waals surface area contributed by atoms with E-state index in [1.807, 2.05) is 77.4 Å². The Kier molecular flexibility index (Phi) is 7.25. The summed E-state index contributed by atoms with van der Waals surface area (Å²) in [7, 11) is 0. The van der Waals surface area contributed by atoms with Crippen LogP contribution in [-0.2, 0) is 6.54 Å². The lowest BCUT2D eigenvalue weighted by Gasteiger charge is -2.14. The van der Waals surface area contributed by atoms with Gasteiger partial charge in [0.2, 0.25) is 0 Å². The molecule has 7 nitrogen and oxygen atoms in total. The number of nitrogens with one attached hydrogen (secondary N) is 1. The lowest BCUT2D eigenvalue weighted by Crippen LogP contribution is -2.22. The van der Waals surface area contributed by atoms with Gasteiger partial charge in [-0.15, -0.1) is 0 Å². The number of halogens is 1. The SMILES string of the molecule is O=c1c2nc(CNCCO)n(-c3ccccc3)c2nc(-c2ccc(-c3ccccc3)cc2)n1-c1ccc(Cl)cc1. The summed E-state index contributed by atoms with van der Waals surface area (Å²) in [6, 6.07) is 35.0. The van der Waals surface area contributed by atoms with E-state index in [4.69, 9.17) is 21.6 Å². The van der Waals surface area contributed by atoms with Crippen LogP contribution in [0.2, 0.25) is 5.02 Å². The minimum absolute atomic E-state index is 0.00366. The largest absolute Gasteiger partial charge is 0.395 e. The summed E-state index contributed by atoms with van der Waals surface area (Å²) >= 11 is 6.18. The Labute approximate surface area is 236 Å². The van der Waals surface area contributed by atoms with Crippen molar-refractivity contribution in [2.75, 3.05) is 13.2 Å². The van der Waals surface area contributed by atoms with E-state index >= 15 is 0 Å². The highest BCUT2D eigenvalue weighted by Crippen LogP contribution is 2.28. The molecule has 0 fully saturated rings. The van der Waals surface area contributed by atoms with Gasteiger partial charge in [0.15, 0.2) is 11.2 Å². The van der Waals surface area contributed by atoms with Gasteiger partial charge in [-0.25, -0.2) is 9.97 Å². The Balaban J connectivity index is 1.60. The van der Waals surface area contributed by atoms with E-state index in [1.54, 1.807) is 28.8 Å². The van der Waals surface area contributed by atoms with Crippen molar-refractivity contribution in [2.45, 2.75) is 6.54 Å². The van der Waals surface area contributed by atoms with Crippen LogP contribution in [0.5, 0.6) is 0 Å². The van der Waals surface area contributed by atoms with Gasteiger partial charge in [-0.3, -0.25) is 13.9 Å². The fourth-order valence-corrected chi connectivity index (χ4v) is 4.89. The summed E-state index contributed by atoms with van der Waals surface area (Å²) in [4.78, 5) is 24.0. The number of hydrogen-bond donors (Lipinski definition) is 2. The molecule has 0 radical (unpaired) electrons. The third-order valence-electron chi connectivity index (χ3n) is 6.67. The first-order valence-corrected chi connectivity index (χ1v) is 13.3. The molecule has 0 aliphatic rings. The molecule has 0 atom stereocenters. The van der Waals surface area contributed by atoms with Crippen molar-refractivity contribution < 1.29 is 5.11 Å². The molecule has 0 bridgehead atoms. The summed E-state index contributed by atoms with van der Waals surface area (Å²) < 4.78 is 3.48. The van der Waals surface area contributed by atoms with E-state index < -0.39 is 0 Å². The van der Waals surface area contributed by atoms with Crippen molar-refractivity contribution in [1.29, 1.82) is 0 Å². The molecule has 40 heavy (non-hydrogen) atoms. The van der Waals surface area contributed by atoms with Gasteiger partial charge in [-0.05, 0) is 47.5 Å². The highest BCUT2D eigenvalue weighted by Gasteiger charge is 2.22. The first-order chi connectivity index (χ1) is 19.6. The number of hydrogen-bond acceptors (Lipinski definition) is 5. The van der Waals surface area contributed by atoms with Gasteiger partial charge in [-0.2, -0.15) is 0 Å². The molecule has 2 aromatic heterocycles. The van der Waals surface area contributed by atoms with E-state index in [9.17, 15) is 9.90 Å². The first-order valence-electron chi connectivity index (χ1n) is 13.0. The van der Waals surface area contributed by atoms with Gasteiger partial charge in [0.1, 0.15) is 11.6 Å². The molecule has 0 unspecified atom stereocenters. The summed E-state index contributed by atoms with van der Waals surface area (Å²) in [5.41, 5.74) is 4.87. The van der Waals surface area contributed by atoms with E-state index in [2.05, 4.69) is 17.4 Å². The number of aliphatic hydroxyl groups is 1. The number of aromatic nitrogens is 4. The molecular formula is C32H26ClN5O2. The predicted octanol–water partition coefficient (Wildman–Crippen LogP) is 5.64. The van der Waals surface area contributed by atoms with Crippen molar-refractivity contribution in [3.8, 4) is 33.9 Å². The zero-order chi connectivity index (χ0) is 27.5. The summed E-state index contributed by atoms with van der Waals surface area (Å²) in [5, 5.41) is 13.0. The Morgan fingerprint density at radius 1 is 0.700 bits per heavy atom. The van der Waals surface area contributed by atoms with Crippen LogP contribution in [-0.4, -0.2) is 37.4 Å². The van der Waals surface area contributed by atoms with Crippen LogP contribution in [0.4, 0.5) is 0 Å². The highest BCUT2D eigenvalue weighted by molar-refractivity contribution is 6.30. The topological polar surface area (TPSA) is 85.0 Å². The lowest BCUT2D eigenvalue weighted by atomic mass is 10.0. The van der Waals surface area contributed by atoms with Crippen LogP contribution >= 0.6 is 11.6 Å². The van der Waals surface area contributed by atoms with Gasteiger partial charge in [0, 0.05) is 22.8 Å². The lowest BCUT2D eigenvalue weighted by molar-refractivity contribution is 0.291. The number of rotatable bonds is 8. The molecule has 6 aromatic rings. The van der Waals surface area contributed by atoms with Crippen LogP contribution in [0, 0.1) is 0 Å². The molecule has 4 aromatic carbocycles. The second-order valence-electron chi connectivity index (χ2n) is 9.27. The maximum atomic E-state index is 14.2. The van der Waals surface area contributed by atoms with Crippen LogP contribution in [0.15, 0.2) is 114 Å². The van der Waals surface area contributed by atoms with Gasteiger partial charge in [-0.1, -0.05) is 84.4 Å². The quantitative estimate of drug-likeness (QED) is 0.241. The zero-order valence-corrected chi connectivity index (χ0v) is 22.3. The minimum Gasteiger partial charge on any atom is -0.395 e. The second kappa shape index (κ2) is 11.3. The fourth-order valence-electron chi connectivity index (χ4n) is 4.77. The molecular weight excluding hydrogens is 522 g/mol. The van der Waals surface area contributed by atoms with Crippen LogP contribution in [0.25, 0.3) is 45.1 Å². The van der Waals surface area contributed by atoms with E-state index in [0.717, 1.165) is 22.4 Å². The monoisotopic (exact) mass is 547 g/mol. The van der Waals surface area contributed by atoms with Gasteiger partial charge < -0.3 is 10.4 Å². The number of aliphatic hydroxyl groups excluding tert-OH is 1. The summed E-state index contributed by atoms with van der Waals surface area (Å²) in [6.45, 7) is 0.753. The average molecular weight is 548 g/mol. The third-order valence-corrected chi connectivity index (χ3v) is 6.92. The predicted molar refractivity (Wildman–Crippen MR) is 159 cm³/mol. The van der Waals surface area contributed by atoms with Crippen LogP contribution in [0.3, 0.4) is 0 Å². The molecule has 0 saturated carbocycles. The third kappa shape index (κ3) is 4.94. The molecule has 198 valence electrons. The molecule has 2 heterocycles. The Hall–Kier alpha value is -4.56. The standard InChI is InChI=1S/C32H26ClN5O2/c33-25-15-17-27(18-16-25)38-30(24-13-11-23(12-14-24)22-7-3-1-4-8-22)36-31-29(32(38)40)35-28(21-34-19-20-39)37(31)26-9-5-2-6-10-26/h1-18,34,39H,19-21H2. The van der Waals surface area contributed by atoms with Crippen molar-refractivity contribution >= 4 is 22.8 Å². The van der Waals surface area contributed by atoms with E-state index in [1.165, 1.54) is 0 Å². The molecule has 0 saturated heterocycles. The Morgan fingerprint density at radius 2 is 1.30 bits per heavy atom. The van der Waals surface area contributed by atoms with Crippen LogP contribution in [0.1, 0.15) is 5.82 Å². The number of para-hydroxylation sites is 1. The molecule has 2 N–H and O–H groups in total. The molecule has 0 amide bonds. The number of fused-ring (bicyclic) bond motifs is 1.